The van der Waals surface area contributed by atoms with Gasteiger partial charge in [-0.2, -0.15) is 12.6 Å². The van der Waals surface area contributed by atoms with E-state index in [-0.39, 0.29) is 0 Å². The molecule has 0 rings (SSSR count). The molecule has 0 spiro atoms. The van der Waals surface area contributed by atoms with Crippen molar-refractivity contribution in [2.24, 2.45) is 0 Å². The zero-order chi connectivity index (χ0) is 6.24. The number of hydrogen-bond donors (Lipinski definition) is 2. The van der Waals surface area contributed by atoms with Gasteiger partial charge in [-0.05, 0) is 12.2 Å². The van der Waals surface area contributed by atoms with Crippen LogP contribution in [0.25, 0.3) is 0 Å². The van der Waals surface area contributed by atoms with E-state index in [0.29, 0.717) is 6.61 Å². The molecule has 0 N–H and O–H groups in total. The van der Waals surface area contributed by atoms with Crippen molar-refractivity contribution in [2.45, 2.75) is 6.42 Å². The second-order valence-corrected chi connectivity index (χ2v) is 1.64. The molecule has 0 bridgehead atoms. The van der Waals surface area contributed by atoms with Crippen LogP contribution in [-0.2, 0) is 14.3 Å². The number of thiol groups is 2. The van der Waals surface area contributed by atoms with Crippen LogP contribution in [0, 0.1) is 0 Å². The second-order valence-electron chi connectivity index (χ2n) is 1.04. The van der Waals surface area contributed by atoms with Crippen LogP contribution in [0.5, 0.6) is 0 Å². The molecule has 0 heterocycles. The van der Waals surface area contributed by atoms with Crippen LogP contribution >= 0.6 is 25.5 Å². The van der Waals surface area contributed by atoms with Crippen molar-refractivity contribution in [1.29, 1.82) is 0 Å². The Morgan fingerprint density at radius 3 is 2.62 bits per heavy atom. The van der Waals surface area contributed by atoms with Crippen LogP contribution in [0.2, 0.25) is 0 Å². The van der Waals surface area contributed by atoms with E-state index in [9.17, 15) is 0 Å². The van der Waals surface area contributed by atoms with Crippen molar-refractivity contribution in [3.8, 4) is 0 Å². The van der Waals surface area contributed by atoms with E-state index in [1.807, 2.05) is 0 Å². The topological polar surface area (TPSA) is 27.7 Å². The zero-order valence-corrected chi connectivity index (χ0v) is 6.03. The molecule has 0 unspecified atom stereocenters. The van der Waals surface area contributed by atoms with Crippen molar-refractivity contribution >= 4 is 25.5 Å². The molecule has 0 aromatic heterocycles. The van der Waals surface area contributed by atoms with E-state index in [0.717, 1.165) is 12.2 Å². The van der Waals surface area contributed by atoms with Crippen LogP contribution < -0.4 is 0 Å². The Hall–Kier alpha value is 0.580. The molecule has 0 amide bonds. The quantitative estimate of drug-likeness (QED) is 0.205. The molecule has 0 saturated carbocycles. The van der Waals surface area contributed by atoms with E-state index in [4.69, 9.17) is 0 Å². The lowest BCUT2D eigenvalue weighted by Crippen LogP contribution is -1.93. The first kappa shape index (κ1) is 8.58. The van der Waals surface area contributed by atoms with Gasteiger partial charge < -0.3 is 0 Å². The minimum absolute atomic E-state index is 0.476. The van der Waals surface area contributed by atoms with Crippen LogP contribution in [0.1, 0.15) is 6.42 Å². The van der Waals surface area contributed by atoms with Gasteiger partial charge in [-0.25, -0.2) is 4.89 Å². The van der Waals surface area contributed by atoms with Crippen LogP contribution in [0.3, 0.4) is 0 Å². The van der Waals surface area contributed by atoms with Gasteiger partial charge in [-0.3, -0.25) is 0 Å². The molecule has 0 aromatic carbocycles. The monoisotopic (exact) mass is 156 g/mol. The van der Waals surface area contributed by atoms with Crippen molar-refractivity contribution in [1.82, 2.24) is 0 Å². The normalized spacial score (nSPS) is 9.75. The van der Waals surface area contributed by atoms with Crippen molar-refractivity contribution in [2.75, 3.05) is 12.4 Å². The number of rotatable bonds is 5. The summed E-state index contributed by atoms with van der Waals surface area (Å²) in [7, 11) is 0. The smallest absolute Gasteiger partial charge is 0.0862 e. The maximum Gasteiger partial charge on any atom is 0.0862 e. The lowest BCUT2D eigenvalue weighted by molar-refractivity contribution is -0.458. The van der Waals surface area contributed by atoms with Gasteiger partial charge in [0.2, 0.25) is 0 Å². The Bertz CT molecular complexity index is 37.5. The van der Waals surface area contributed by atoms with Crippen molar-refractivity contribution < 1.29 is 14.3 Å². The molecule has 0 atom stereocenters. The Balaban J connectivity index is 2.53. The van der Waals surface area contributed by atoms with E-state index in [1.165, 1.54) is 0 Å². The molecule has 50 valence electrons. The minimum atomic E-state index is 0.476. The molecule has 0 radical (unpaired) electrons. The highest BCUT2D eigenvalue weighted by atomic mass is 32.1. The molecular formula is C3H8O3S2. The van der Waals surface area contributed by atoms with Crippen LogP contribution in [0.15, 0.2) is 0 Å². The summed E-state index contributed by atoms with van der Waals surface area (Å²) in [4.78, 5) is 4.38. The average Bonchev–Trinajstić information content (AvgIpc) is 1.81. The van der Waals surface area contributed by atoms with Crippen molar-refractivity contribution in [3.05, 3.63) is 0 Å². The van der Waals surface area contributed by atoms with Gasteiger partial charge in [-0.15, -0.1) is 4.33 Å². The molecule has 0 aliphatic carbocycles. The molecule has 0 aliphatic rings. The maximum absolute atomic E-state index is 4.38. The van der Waals surface area contributed by atoms with Gasteiger partial charge in [-0.1, -0.05) is 5.04 Å². The summed E-state index contributed by atoms with van der Waals surface area (Å²) in [5, 5.41) is 3.97. The summed E-state index contributed by atoms with van der Waals surface area (Å²) < 4.78 is 3.84. The Labute approximate surface area is 59.2 Å². The Morgan fingerprint density at radius 1 is 1.38 bits per heavy atom. The van der Waals surface area contributed by atoms with E-state index in [2.05, 4.69) is 39.8 Å². The standard InChI is InChI=1S/C3H8O3S2/c7-3-1-2-4-5-6-8/h7-8H,1-3H2. The van der Waals surface area contributed by atoms with Crippen LogP contribution in [-0.4, -0.2) is 12.4 Å². The third kappa shape index (κ3) is 6.58. The predicted molar refractivity (Wildman–Crippen MR) is 35.6 cm³/mol. The summed E-state index contributed by atoms with van der Waals surface area (Å²) in [5.41, 5.74) is 0. The maximum atomic E-state index is 4.38. The highest BCUT2D eigenvalue weighted by Crippen LogP contribution is 1.88. The largest absolute Gasteiger partial charge is 0.205 e. The SMILES string of the molecule is SCCCOOOS. The zero-order valence-electron chi connectivity index (χ0n) is 4.24. The van der Waals surface area contributed by atoms with Gasteiger partial charge in [0.1, 0.15) is 0 Å². The molecule has 0 saturated heterocycles. The third-order valence-corrected chi connectivity index (χ3v) is 0.841. The summed E-state index contributed by atoms with van der Waals surface area (Å²) in [6.07, 6.45) is 0.834. The molecule has 0 aromatic rings. The van der Waals surface area contributed by atoms with Gasteiger partial charge in [0.15, 0.2) is 0 Å². The molecule has 3 nitrogen and oxygen atoms in total. The average molecular weight is 156 g/mol. The highest BCUT2D eigenvalue weighted by molar-refractivity contribution is 7.80. The Morgan fingerprint density at radius 2 is 2.12 bits per heavy atom. The second kappa shape index (κ2) is 7.58. The summed E-state index contributed by atoms with van der Waals surface area (Å²) in [5.74, 6) is 0.774. The van der Waals surface area contributed by atoms with Gasteiger partial charge >= 0.3 is 0 Å². The molecule has 0 aliphatic heterocycles. The first-order valence-electron chi connectivity index (χ1n) is 2.12. The predicted octanol–water partition coefficient (Wildman–Crippen LogP) is 1.03. The first-order valence-corrected chi connectivity index (χ1v) is 3.12. The Kier molecular flexibility index (Phi) is 8.13. The van der Waals surface area contributed by atoms with Gasteiger partial charge in [0, 0.05) is 12.9 Å². The van der Waals surface area contributed by atoms with E-state index in [1.54, 1.807) is 0 Å². The fraction of sp³-hybridized carbons (Fsp3) is 1.00. The van der Waals surface area contributed by atoms with E-state index < -0.39 is 0 Å². The first-order chi connectivity index (χ1) is 3.91. The van der Waals surface area contributed by atoms with Gasteiger partial charge in [0.05, 0.1) is 6.61 Å². The van der Waals surface area contributed by atoms with Gasteiger partial charge in [0.25, 0.3) is 0 Å². The lowest BCUT2D eigenvalue weighted by atomic mass is 10.5. The molecule has 5 heteroatoms. The summed E-state index contributed by atoms with van der Waals surface area (Å²) in [6.45, 7) is 0.476. The number of hydrogen-bond acceptors (Lipinski definition) is 5. The highest BCUT2D eigenvalue weighted by Gasteiger charge is 1.84. The minimum Gasteiger partial charge on any atom is -0.205 e. The molecule has 0 fully saturated rings. The van der Waals surface area contributed by atoms with E-state index >= 15 is 0 Å². The fourth-order valence-corrected chi connectivity index (χ4v) is 0.351. The molecule has 8 heavy (non-hydrogen) atoms. The third-order valence-electron chi connectivity index (χ3n) is 0.464. The lowest BCUT2D eigenvalue weighted by Gasteiger charge is -1.94. The van der Waals surface area contributed by atoms with Crippen molar-refractivity contribution in [3.63, 3.8) is 0 Å². The fourth-order valence-electron chi connectivity index (χ4n) is 0.179. The summed E-state index contributed by atoms with van der Waals surface area (Å²) >= 11 is 7.18. The van der Waals surface area contributed by atoms with Crippen LogP contribution in [0.4, 0.5) is 0 Å². The molecular weight excluding hydrogens is 148 g/mol. The summed E-state index contributed by atoms with van der Waals surface area (Å²) in [6, 6.07) is 0.